The van der Waals surface area contributed by atoms with Gasteiger partial charge in [0.1, 0.15) is 17.2 Å². The van der Waals surface area contributed by atoms with Crippen molar-refractivity contribution in [3.63, 3.8) is 0 Å². The average Bonchev–Trinajstić information content (AvgIpc) is 3.20. The van der Waals surface area contributed by atoms with Crippen LogP contribution in [0.2, 0.25) is 0 Å². The third-order valence-electron chi connectivity index (χ3n) is 5.07. The number of likely N-dealkylation sites (tertiary alicyclic amines) is 1. The van der Waals surface area contributed by atoms with Crippen LogP contribution in [0.15, 0.2) is 49.1 Å². The number of amides is 1. The van der Waals surface area contributed by atoms with Crippen molar-refractivity contribution >= 4 is 5.91 Å². The predicted octanol–water partition coefficient (Wildman–Crippen LogP) is 3.03. The van der Waals surface area contributed by atoms with Crippen molar-refractivity contribution in [2.24, 2.45) is 7.05 Å². The van der Waals surface area contributed by atoms with Gasteiger partial charge < -0.3 is 18.9 Å². The van der Waals surface area contributed by atoms with Crippen LogP contribution in [0.4, 0.5) is 0 Å². The van der Waals surface area contributed by atoms with Gasteiger partial charge in [-0.3, -0.25) is 9.78 Å². The molecule has 1 aromatic carbocycles. The first kappa shape index (κ1) is 18.9. The van der Waals surface area contributed by atoms with Crippen LogP contribution >= 0.6 is 0 Å². The van der Waals surface area contributed by atoms with Crippen LogP contribution in [0.25, 0.3) is 0 Å². The Bertz CT molecular complexity index is 986. The molecule has 0 radical (unpaired) electrons. The number of piperidine rings is 1. The number of aryl methyl sites for hydroxylation is 1. The van der Waals surface area contributed by atoms with E-state index in [1.807, 2.05) is 36.2 Å². The highest BCUT2D eigenvalue weighted by atomic mass is 16.5. The lowest BCUT2D eigenvalue weighted by Crippen LogP contribution is -2.40. The molecule has 1 aliphatic heterocycles. The van der Waals surface area contributed by atoms with Gasteiger partial charge in [0.05, 0.1) is 7.11 Å². The van der Waals surface area contributed by atoms with E-state index in [1.54, 1.807) is 36.5 Å². The first-order chi connectivity index (χ1) is 14.2. The molecular formula is C21H23N5O3. The van der Waals surface area contributed by atoms with Crippen molar-refractivity contribution in [1.29, 1.82) is 0 Å². The highest BCUT2D eigenvalue weighted by molar-refractivity contribution is 5.90. The highest BCUT2D eigenvalue weighted by Crippen LogP contribution is 2.33. The monoisotopic (exact) mass is 393 g/mol. The molecule has 1 fully saturated rings. The number of methoxy groups -OCH3 is 1. The first-order valence-corrected chi connectivity index (χ1v) is 9.55. The Kier molecular flexibility index (Phi) is 5.41. The summed E-state index contributed by atoms with van der Waals surface area (Å²) in [6.07, 6.45) is 8.50. The normalized spacial score (nSPS) is 16.5. The van der Waals surface area contributed by atoms with E-state index < -0.39 is 0 Å². The number of nitrogens with zero attached hydrogens (tertiary/aromatic N) is 5. The molecule has 4 rings (SSSR count). The fraction of sp³-hybridized carbons (Fsp3) is 0.333. The highest BCUT2D eigenvalue weighted by Gasteiger charge is 2.30. The molecule has 1 amide bonds. The van der Waals surface area contributed by atoms with Gasteiger partial charge in [0.15, 0.2) is 5.82 Å². The molecule has 29 heavy (non-hydrogen) atoms. The SMILES string of the molecule is COc1ccc(Oc2nccnc2C2CCCN(C(=O)c3nccn3C)C2)cc1. The lowest BCUT2D eigenvalue weighted by atomic mass is 9.94. The fourth-order valence-electron chi connectivity index (χ4n) is 3.55. The van der Waals surface area contributed by atoms with Crippen LogP contribution in [0.5, 0.6) is 17.4 Å². The van der Waals surface area contributed by atoms with E-state index in [2.05, 4.69) is 15.0 Å². The number of imidazole rings is 1. The second-order valence-electron chi connectivity index (χ2n) is 6.98. The van der Waals surface area contributed by atoms with Crippen molar-refractivity contribution < 1.29 is 14.3 Å². The Morgan fingerprint density at radius 2 is 1.83 bits per heavy atom. The Morgan fingerprint density at radius 1 is 1.07 bits per heavy atom. The van der Waals surface area contributed by atoms with Crippen molar-refractivity contribution in [2.75, 3.05) is 20.2 Å². The van der Waals surface area contributed by atoms with Crippen LogP contribution in [-0.2, 0) is 7.05 Å². The molecule has 1 saturated heterocycles. The fourth-order valence-corrected chi connectivity index (χ4v) is 3.55. The van der Waals surface area contributed by atoms with Crippen LogP contribution in [-0.4, -0.2) is 50.5 Å². The summed E-state index contributed by atoms with van der Waals surface area (Å²) in [4.78, 5) is 27.8. The van der Waals surface area contributed by atoms with E-state index >= 15 is 0 Å². The van der Waals surface area contributed by atoms with Gasteiger partial charge in [-0.2, -0.15) is 0 Å². The minimum absolute atomic E-state index is 0.0508. The number of carbonyl (C=O) groups excluding carboxylic acids is 1. The molecule has 0 spiro atoms. The summed E-state index contributed by atoms with van der Waals surface area (Å²) in [6.45, 7) is 1.26. The van der Waals surface area contributed by atoms with Crippen molar-refractivity contribution in [3.8, 4) is 17.4 Å². The number of carbonyl (C=O) groups is 1. The summed E-state index contributed by atoms with van der Waals surface area (Å²) in [5.74, 6) is 2.31. The number of hydrogen-bond donors (Lipinski definition) is 0. The Balaban J connectivity index is 1.53. The lowest BCUT2D eigenvalue weighted by Gasteiger charge is -2.32. The molecule has 3 aromatic rings. The third kappa shape index (κ3) is 4.06. The van der Waals surface area contributed by atoms with Gasteiger partial charge in [0.2, 0.25) is 5.88 Å². The predicted molar refractivity (Wildman–Crippen MR) is 106 cm³/mol. The average molecular weight is 393 g/mol. The molecular weight excluding hydrogens is 370 g/mol. The van der Waals surface area contributed by atoms with E-state index in [-0.39, 0.29) is 11.8 Å². The van der Waals surface area contributed by atoms with Gasteiger partial charge in [0, 0.05) is 50.8 Å². The third-order valence-corrected chi connectivity index (χ3v) is 5.07. The van der Waals surface area contributed by atoms with Crippen LogP contribution in [0.1, 0.15) is 35.1 Å². The second kappa shape index (κ2) is 8.30. The molecule has 3 heterocycles. The molecule has 8 nitrogen and oxygen atoms in total. The van der Waals surface area contributed by atoms with Crippen molar-refractivity contribution in [2.45, 2.75) is 18.8 Å². The molecule has 1 unspecified atom stereocenters. The van der Waals surface area contributed by atoms with E-state index in [0.29, 0.717) is 30.5 Å². The first-order valence-electron chi connectivity index (χ1n) is 9.55. The van der Waals surface area contributed by atoms with Gasteiger partial charge in [-0.15, -0.1) is 0 Å². The van der Waals surface area contributed by atoms with E-state index in [1.165, 1.54) is 0 Å². The van der Waals surface area contributed by atoms with Gasteiger partial charge in [-0.05, 0) is 37.1 Å². The Hall–Kier alpha value is -3.42. The van der Waals surface area contributed by atoms with E-state index in [0.717, 1.165) is 24.3 Å². The molecule has 150 valence electrons. The summed E-state index contributed by atoms with van der Waals surface area (Å²) < 4.78 is 12.9. The molecule has 0 bridgehead atoms. The standard InChI is InChI=1S/C21H23N5O3/c1-25-13-11-23-19(25)21(27)26-12-3-4-15(14-26)18-20(24-10-9-22-18)29-17-7-5-16(28-2)6-8-17/h5-11,13,15H,3-4,12,14H2,1-2H3. The van der Waals surface area contributed by atoms with Gasteiger partial charge in [-0.1, -0.05) is 0 Å². The number of rotatable bonds is 5. The van der Waals surface area contributed by atoms with E-state index in [9.17, 15) is 4.79 Å². The zero-order valence-corrected chi connectivity index (χ0v) is 16.5. The zero-order chi connectivity index (χ0) is 20.2. The molecule has 0 N–H and O–H groups in total. The minimum Gasteiger partial charge on any atom is -0.497 e. The van der Waals surface area contributed by atoms with Crippen LogP contribution in [0, 0.1) is 0 Å². The maximum atomic E-state index is 12.9. The molecule has 8 heteroatoms. The lowest BCUT2D eigenvalue weighted by molar-refractivity contribution is 0.0688. The zero-order valence-electron chi connectivity index (χ0n) is 16.5. The number of aromatic nitrogens is 4. The molecule has 0 saturated carbocycles. The Labute approximate surface area is 169 Å². The summed E-state index contributed by atoms with van der Waals surface area (Å²) in [7, 11) is 3.45. The number of ether oxygens (including phenoxy) is 2. The van der Waals surface area contributed by atoms with E-state index in [4.69, 9.17) is 9.47 Å². The number of benzene rings is 1. The summed E-state index contributed by atoms with van der Waals surface area (Å²) in [6, 6.07) is 7.32. The largest absolute Gasteiger partial charge is 0.497 e. The van der Waals surface area contributed by atoms with Crippen LogP contribution < -0.4 is 9.47 Å². The minimum atomic E-state index is -0.0660. The van der Waals surface area contributed by atoms with Gasteiger partial charge in [0.25, 0.3) is 5.91 Å². The molecule has 1 atom stereocenters. The maximum absolute atomic E-state index is 12.9. The molecule has 1 aliphatic rings. The summed E-state index contributed by atoms with van der Waals surface area (Å²) in [5, 5.41) is 0. The summed E-state index contributed by atoms with van der Waals surface area (Å²) >= 11 is 0. The maximum Gasteiger partial charge on any atom is 0.289 e. The quantitative estimate of drug-likeness (QED) is 0.663. The number of hydrogen-bond acceptors (Lipinski definition) is 6. The topological polar surface area (TPSA) is 82.4 Å². The van der Waals surface area contributed by atoms with Crippen molar-refractivity contribution in [1.82, 2.24) is 24.4 Å². The smallest absolute Gasteiger partial charge is 0.289 e. The summed E-state index contributed by atoms with van der Waals surface area (Å²) in [5.41, 5.74) is 0.764. The molecule has 2 aromatic heterocycles. The van der Waals surface area contributed by atoms with Crippen molar-refractivity contribution in [3.05, 3.63) is 60.6 Å². The molecule has 0 aliphatic carbocycles. The Morgan fingerprint density at radius 3 is 2.55 bits per heavy atom. The van der Waals surface area contributed by atoms with Gasteiger partial charge >= 0.3 is 0 Å². The van der Waals surface area contributed by atoms with Gasteiger partial charge in [-0.25, -0.2) is 9.97 Å². The van der Waals surface area contributed by atoms with Crippen LogP contribution in [0.3, 0.4) is 0 Å². The second-order valence-corrected chi connectivity index (χ2v) is 6.98.